The normalized spacial score (nSPS) is 8.82. The van der Waals surface area contributed by atoms with Gasteiger partial charge in [0.15, 0.2) is 0 Å². The molecular weight excluding hydrogens is 204 g/mol. The Balaban J connectivity index is 0. The highest BCUT2D eigenvalue weighted by molar-refractivity contribution is 5.86. The summed E-state index contributed by atoms with van der Waals surface area (Å²) in [5.41, 5.74) is 2.83. The molecule has 0 aliphatic carbocycles. The summed E-state index contributed by atoms with van der Waals surface area (Å²) in [5.74, 6) is 0. The number of fused-ring (bicyclic) bond motifs is 1. The van der Waals surface area contributed by atoms with E-state index >= 15 is 0 Å². The van der Waals surface area contributed by atoms with Crippen molar-refractivity contribution in [2.24, 2.45) is 0 Å². The minimum absolute atomic E-state index is 0. The Morgan fingerprint density at radius 3 is 2.29 bits per heavy atom. The van der Waals surface area contributed by atoms with E-state index in [1.165, 1.54) is 34.7 Å². The zero-order valence-corrected chi connectivity index (χ0v) is 8.88. The summed E-state index contributed by atoms with van der Waals surface area (Å²) < 4.78 is 0. The molecule has 0 amide bonds. The van der Waals surface area contributed by atoms with Crippen LogP contribution in [-0.4, -0.2) is 0 Å². The summed E-state index contributed by atoms with van der Waals surface area (Å²) in [6.45, 7) is 4.39. The van der Waals surface area contributed by atoms with Gasteiger partial charge in [-0.05, 0) is 29.7 Å². The summed E-state index contributed by atoms with van der Waals surface area (Å²) in [4.78, 5) is 0. The largest absolute Gasteiger partial charge is 0.0776 e. The van der Waals surface area contributed by atoms with Crippen LogP contribution < -0.4 is 0 Å². The molecule has 0 heterocycles. The van der Waals surface area contributed by atoms with Crippen molar-refractivity contribution in [3.8, 4) is 0 Å². The fourth-order valence-electron chi connectivity index (χ4n) is 1.94. The maximum atomic E-state index is 2.29. The molecule has 0 heteroatoms. The number of aryl methyl sites for hydroxylation is 2. The van der Waals surface area contributed by atoms with Gasteiger partial charge >= 0.3 is 0 Å². The van der Waals surface area contributed by atoms with Crippen LogP contribution in [0.15, 0.2) is 36.4 Å². The molecule has 0 fully saturated rings. The number of hydrogen-bond acceptors (Lipinski definition) is 0. The van der Waals surface area contributed by atoms with E-state index in [1.54, 1.807) is 0 Å². The standard InChI is InChI=1S/C14H16.3CH4/c1-3-5-12-6-4-7-13-9-8-11(2)10-14(12)13;;;/h4,6-10H,3,5H2,1-2H3;3*1H4. The van der Waals surface area contributed by atoms with Crippen molar-refractivity contribution < 1.29 is 0 Å². The molecule has 0 spiro atoms. The quantitative estimate of drug-likeness (QED) is 0.595. The van der Waals surface area contributed by atoms with Crippen LogP contribution in [0.5, 0.6) is 0 Å². The van der Waals surface area contributed by atoms with Crippen molar-refractivity contribution in [2.45, 2.75) is 49.0 Å². The highest BCUT2D eigenvalue weighted by atomic mass is 14.0. The van der Waals surface area contributed by atoms with E-state index in [-0.39, 0.29) is 22.3 Å². The molecule has 0 aliphatic heterocycles. The molecule has 0 aliphatic rings. The predicted octanol–water partition coefficient (Wildman–Crippen LogP) is 6.01. The predicted molar refractivity (Wildman–Crippen MR) is 82.9 cm³/mol. The molecule has 0 atom stereocenters. The van der Waals surface area contributed by atoms with Crippen LogP contribution in [0.25, 0.3) is 10.8 Å². The minimum atomic E-state index is 0. The van der Waals surface area contributed by atoms with Crippen molar-refractivity contribution in [1.29, 1.82) is 0 Å². The fraction of sp³-hybridized carbons (Fsp3) is 0.412. The molecule has 2 aromatic rings. The molecule has 2 aromatic carbocycles. The lowest BCUT2D eigenvalue weighted by molar-refractivity contribution is 0.929. The van der Waals surface area contributed by atoms with Crippen LogP contribution in [0.1, 0.15) is 46.8 Å². The van der Waals surface area contributed by atoms with Crippen LogP contribution >= 0.6 is 0 Å². The van der Waals surface area contributed by atoms with Gasteiger partial charge in [0.1, 0.15) is 0 Å². The fourth-order valence-corrected chi connectivity index (χ4v) is 1.94. The third kappa shape index (κ3) is 3.89. The van der Waals surface area contributed by atoms with Gasteiger partial charge in [-0.1, -0.05) is 77.6 Å². The van der Waals surface area contributed by atoms with Gasteiger partial charge in [-0.2, -0.15) is 0 Å². The number of hydrogen-bond donors (Lipinski definition) is 0. The molecular formula is C17H28. The lowest BCUT2D eigenvalue weighted by Crippen LogP contribution is -1.86. The molecule has 0 saturated heterocycles. The second-order valence-corrected chi connectivity index (χ2v) is 3.89. The Hall–Kier alpha value is -1.30. The molecule has 0 nitrogen and oxygen atoms in total. The topological polar surface area (TPSA) is 0 Å². The second kappa shape index (κ2) is 7.89. The van der Waals surface area contributed by atoms with Crippen molar-refractivity contribution in [2.75, 3.05) is 0 Å². The van der Waals surface area contributed by atoms with E-state index in [0.717, 1.165) is 0 Å². The number of rotatable bonds is 2. The van der Waals surface area contributed by atoms with E-state index in [9.17, 15) is 0 Å². The maximum absolute atomic E-state index is 2.29. The van der Waals surface area contributed by atoms with Crippen LogP contribution in [0, 0.1) is 6.92 Å². The average Bonchev–Trinajstić information content (AvgIpc) is 2.19. The van der Waals surface area contributed by atoms with Gasteiger partial charge in [0.25, 0.3) is 0 Å². The van der Waals surface area contributed by atoms with Gasteiger partial charge in [-0.25, -0.2) is 0 Å². The van der Waals surface area contributed by atoms with Crippen LogP contribution in [0.2, 0.25) is 0 Å². The van der Waals surface area contributed by atoms with Crippen molar-refractivity contribution in [3.63, 3.8) is 0 Å². The Morgan fingerprint density at radius 2 is 1.65 bits per heavy atom. The van der Waals surface area contributed by atoms with Crippen molar-refractivity contribution in [3.05, 3.63) is 47.5 Å². The zero-order valence-electron chi connectivity index (χ0n) is 8.88. The molecule has 0 saturated carbocycles. The third-order valence-electron chi connectivity index (χ3n) is 2.65. The SMILES string of the molecule is C.C.C.CCCc1cccc2ccc(C)cc12. The van der Waals surface area contributed by atoms with Crippen molar-refractivity contribution >= 4 is 10.8 Å². The Bertz CT molecular complexity index is 441. The average molecular weight is 232 g/mol. The van der Waals surface area contributed by atoms with E-state index in [2.05, 4.69) is 50.2 Å². The van der Waals surface area contributed by atoms with Crippen LogP contribution in [0.4, 0.5) is 0 Å². The van der Waals surface area contributed by atoms with E-state index in [4.69, 9.17) is 0 Å². The number of benzene rings is 2. The first kappa shape index (κ1) is 18.1. The van der Waals surface area contributed by atoms with Crippen molar-refractivity contribution in [1.82, 2.24) is 0 Å². The first-order chi connectivity index (χ1) is 6.81. The molecule has 0 aromatic heterocycles. The van der Waals surface area contributed by atoms with Gasteiger partial charge in [-0.15, -0.1) is 0 Å². The van der Waals surface area contributed by atoms with Crippen LogP contribution in [0.3, 0.4) is 0 Å². The first-order valence-corrected chi connectivity index (χ1v) is 5.29. The summed E-state index contributed by atoms with van der Waals surface area (Å²) >= 11 is 0. The molecule has 0 bridgehead atoms. The zero-order chi connectivity index (χ0) is 9.97. The Morgan fingerprint density at radius 1 is 0.941 bits per heavy atom. The Kier molecular flexibility index (Phi) is 8.39. The first-order valence-electron chi connectivity index (χ1n) is 5.29. The lowest BCUT2D eigenvalue weighted by atomic mass is 10.00. The van der Waals surface area contributed by atoms with Gasteiger partial charge in [0, 0.05) is 0 Å². The molecule has 0 unspecified atom stereocenters. The monoisotopic (exact) mass is 232 g/mol. The third-order valence-corrected chi connectivity index (χ3v) is 2.65. The van der Waals surface area contributed by atoms with Gasteiger partial charge < -0.3 is 0 Å². The van der Waals surface area contributed by atoms with Gasteiger partial charge in [0.05, 0.1) is 0 Å². The maximum Gasteiger partial charge on any atom is -0.0149 e. The van der Waals surface area contributed by atoms with E-state index < -0.39 is 0 Å². The summed E-state index contributed by atoms with van der Waals surface area (Å²) in [5, 5.41) is 2.79. The minimum Gasteiger partial charge on any atom is -0.0776 e. The highest BCUT2D eigenvalue weighted by Gasteiger charge is 1.99. The highest BCUT2D eigenvalue weighted by Crippen LogP contribution is 2.21. The molecule has 0 N–H and O–H groups in total. The second-order valence-electron chi connectivity index (χ2n) is 3.89. The lowest BCUT2D eigenvalue weighted by Gasteiger charge is -2.05. The smallest absolute Gasteiger partial charge is 0.0149 e. The summed E-state index contributed by atoms with van der Waals surface area (Å²) in [7, 11) is 0. The summed E-state index contributed by atoms with van der Waals surface area (Å²) in [6, 6.07) is 13.3. The Labute approximate surface area is 108 Å². The molecule has 96 valence electrons. The van der Waals surface area contributed by atoms with E-state index in [1.807, 2.05) is 0 Å². The molecule has 0 radical (unpaired) electrons. The molecule has 17 heavy (non-hydrogen) atoms. The van der Waals surface area contributed by atoms with E-state index in [0.29, 0.717) is 0 Å². The van der Waals surface area contributed by atoms with Gasteiger partial charge in [-0.3, -0.25) is 0 Å². The van der Waals surface area contributed by atoms with Gasteiger partial charge in [0.2, 0.25) is 0 Å². The van der Waals surface area contributed by atoms with Crippen LogP contribution in [-0.2, 0) is 6.42 Å². The molecule has 2 rings (SSSR count). The summed E-state index contributed by atoms with van der Waals surface area (Å²) in [6.07, 6.45) is 2.40.